The van der Waals surface area contributed by atoms with Crippen LogP contribution in [0.2, 0.25) is 34.8 Å². The lowest BCUT2D eigenvalue weighted by atomic mass is 9.90. The van der Waals surface area contributed by atoms with Gasteiger partial charge in [0.1, 0.15) is 0 Å². The highest BCUT2D eigenvalue weighted by Gasteiger charge is 2.50. The standard InChI is InChI=1S/C33H63NO6Si2/c1-15-16-27(35)19-28-18-17-25(8)29(38-28)20-31(36)34-21-30(39-41(13,14)33(10,11)12)26(9)32(37)40-42(22(2)3,23(4)5)24(6)7/h15-16,22-26,28-30H,17-21H2,1-14H3,(H,34,36)/b16-15+/t25-,26-,28+,29-,30+/m0/s1. The summed E-state index contributed by atoms with van der Waals surface area (Å²) in [5.74, 6) is -0.626. The summed E-state index contributed by atoms with van der Waals surface area (Å²) in [5, 5.41) is 3.01. The summed E-state index contributed by atoms with van der Waals surface area (Å²) < 4.78 is 19.5. The van der Waals surface area contributed by atoms with Gasteiger partial charge >= 0.3 is 0 Å². The summed E-state index contributed by atoms with van der Waals surface area (Å²) in [6.07, 6.45) is 4.69. The first-order valence-corrected chi connectivity index (χ1v) is 21.2. The van der Waals surface area contributed by atoms with Gasteiger partial charge in [-0.1, -0.05) is 75.3 Å². The molecule has 1 rings (SSSR count). The van der Waals surface area contributed by atoms with Crippen LogP contribution < -0.4 is 5.32 Å². The second-order valence-corrected chi connectivity index (χ2v) is 25.1. The molecule has 1 amide bonds. The molecule has 7 nitrogen and oxygen atoms in total. The predicted octanol–water partition coefficient (Wildman–Crippen LogP) is 7.96. The molecule has 5 atom stereocenters. The van der Waals surface area contributed by atoms with Crippen molar-refractivity contribution in [3.8, 4) is 0 Å². The molecule has 0 unspecified atom stereocenters. The normalized spacial score (nSPS) is 22.1. The van der Waals surface area contributed by atoms with Gasteiger partial charge in [0.05, 0.1) is 30.7 Å². The molecule has 0 bridgehead atoms. The monoisotopic (exact) mass is 625 g/mol. The molecule has 244 valence electrons. The lowest BCUT2D eigenvalue weighted by Crippen LogP contribution is -2.54. The van der Waals surface area contributed by atoms with Gasteiger partial charge in [0, 0.05) is 13.0 Å². The van der Waals surface area contributed by atoms with Crippen molar-refractivity contribution in [1.82, 2.24) is 5.32 Å². The summed E-state index contributed by atoms with van der Waals surface area (Å²) in [6, 6.07) is 0. The maximum Gasteiger partial charge on any atom is 0.298 e. The zero-order chi connectivity index (χ0) is 32.6. The Balaban J connectivity index is 3.09. The SMILES string of the molecule is C/C=C/C(=O)C[C@H]1CC[C@H](C)[C@H](CC(=O)NC[C@@H](O[Si](C)(C)C(C)(C)C)[C@H](C)C(=O)O[Si](C(C)C)(C(C)C)C(C)C)O1. The number of nitrogens with one attached hydrogen (secondary N) is 1. The Hall–Kier alpha value is -1.30. The fraction of sp³-hybridized carbons (Fsp3) is 0.848. The third-order valence-electron chi connectivity index (χ3n) is 9.78. The van der Waals surface area contributed by atoms with Gasteiger partial charge in [0.25, 0.3) is 14.3 Å². The molecule has 1 heterocycles. The number of hydrogen-bond donors (Lipinski definition) is 1. The van der Waals surface area contributed by atoms with E-state index in [1.807, 2.05) is 13.8 Å². The van der Waals surface area contributed by atoms with Crippen LogP contribution in [-0.4, -0.2) is 59.2 Å². The molecular formula is C33H63NO6Si2. The molecule has 1 saturated heterocycles. The molecule has 0 spiro atoms. The highest BCUT2D eigenvalue weighted by molar-refractivity contribution is 6.79. The third-order valence-corrected chi connectivity index (χ3v) is 20.3. The molecule has 1 aliphatic heterocycles. The Labute approximate surface area is 259 Å². The van der Waals surface area contributed by atoms with E-state index in [2.05, 4.69) is 87.6 Å². The fourth-order valence-corrected chi connectivity index (χ4v) is 12.7. The van der Waals surface area contributed by atoms with Crippen molar-refractivity contribution in [2.45, 2.75) is 162 Å². The van der Waals surface area contributed by atoms with Gasteiger partial charge in [-0.05, 0) is 73.4 Å². The van der Waals surface area contributed by atoms with E-state index in [0.29, 0.717) is 6.42 Å². The Morgan fingerprint density at radius 3 is 1.98 bits per heavy atom. The van der Waals surface area contributed by atoms with Crippen LogP contribution in [0.25, 0.3) is 0 Å². The number of allylic oxidation sites excluding steroid dienone is 2. The van der Waals surface area contributed by atoms with Crippen molar-refractivity contribution < 1.29 is 28.0 Å². The molecule has 42 heavy (non-hydrogen) atoms. The van der Waals surface area contributed by atoms with Crippen LogP contribution in [0.5, 0.6) is 0 Å². The van der Waals surface area contributed by atoms with Crippen molar-refractivity contribution in [1.29, 1.82) is 0 Å². The van der Waals surface area contributed by atoms with Gasteiger partial charge in [-0.15, -0.1) is 0 Å². The Bertz CT molecular complexity index is 902. The summed E-state index contributed by atoms with van der Waals surface area (Å²) in [7, 11) is -4.69. The molecule has 0 aromatic carbocycles. The summed E-state index contributed by atoms with van der Waals surface area (Å²) in [4.78, 5) is 39.1. The highest BCUT2D eigenvalue weighted by Crippen LogP contribution is 2.43. The van der Waals surface area contributed by atoms with Crippen molar-refractivity contribution >= 4 is 34.3 Å². The van der Waals surface area contributed by atoms with E-state index in [1.54, 1.807) is 12.2 Å². The summed E-state index contributed by atoms with van der Waals surface area (Å²) >= 11 is 0. The minimum absolute atomic E-state index is 0.0474. The number of amides is 1. The second-order valence-electron chi connectivity index (χ2n) is 15.0. The van der Waals surface area contributed by atoms with Crippen LogP contribution in [0.1, 0.15) is 109 Å². The zero-order valence-corrected chi connectivity index (χ0v) is 31.3. The van der Waals surface area contributed by atoms with E-state index in [1.165, 1.54) is 0 Å². The quantitative estimate of drug-likeness (QED) is 0.147. The molecule has 1 N–H and O–H groups in total. The molecule has 0 aromatic rings. The van der Waals surface area contributed by atoms with Gasteiger partial charge in [-0.25, -0.2) is 0 Å². The summed E-state index contributed by atoms with van der Waals surface area (Å²) in [5.41, 5.74) is 0.841. The van der Waals surface area contributed by atoms with Crippen LogP contribution in [0.15, 0.2) is 12.2 Å². The minimum atomic E-state index is -2.43. The molecule has 0 aliphatic carbocycles. The number of rotatable bonds is 15. The maximum absolute atomic E-state index is 13.8. The topological polar surface area (TPSA) is 90.9 Å². The third kappa shape index (κ3) is 10.4. The van der Waals surface area contributed by atoms with Gasteiger partial charge in [-0.3, -0.25) is 14.4 Å². The molecule has 1 aliphatic rings. The first kappa shape index (κ1) is 38.7. The molecule has 1 fully saturated rings. The molecular weight excluding hydrogens is 563 g/mol. The van der Waals surface area contributed by atoms with Gasteiger partial charge in [0.2, 0.25) is 5.91 Å². The van der Waals surface area contributed by atoms with E-state index in [4.69, 9.17) is 13.6 Å². The Kier molecular flexibility index (Phi) is 14.9. The van der Waals surface area contributed by atoms with Crippen molar-refractivity contribution in [3.63, 3.8) is 0 Å². The van der Waals surface area contributed by atoms with Crippen LogP contribution in [0.3, 0.4) is 0 Å². The van der Waals surface area contributed by atoms with Crippen LogP contribution >= 0.6 is 0 Å². The zero-order valence-electron chi connectivity index (χ0n) is 29.3. The molecule has 9 heteroatoms. The van der Waals surface area contributed by atoms with E-state index >= 15 is 0 Å². The van der Waals surface area contributed by atoms with E-state index in [-0.39, 0.29) is 70.4 Å². The number of ether oxygens (including phenoxy) is 1. The van der Waals surface area contributed by atoms with Gasteiger partial charge in [0.15, 0.2) is 14.1 Å². The highest BCUT2D eigenvalue weighted by atomic mass is 28.4. The van der Waals surface area contributed by atoms with E-state index in [9.17, 15) is 14.4 Å². The minimum Gasteiger partial charge on any atom is -0.518 e. The van der Waals surface area contributed by atoms with Gasteiger partial charge in [-0.2, -0.15) is 0 Å². The predicted molar refractivity (Wildman–Crippen MR) is 177 cm³/mol. The number of carbonyl (C=O) groups excluding carboxylic acids is 3. The Morgan fingerprint density at radius 2 is 1.50 bits per heavy atom. The Morgan fingerprint density at radius 1 is 0.952 bits per heavy atom. The van der Waals surface area contributed by atoms with Crippen LogP contribution in [-0.2, 0) is 28.0 Å². The van der Waals surface area contributed by atoms with E-state index < -0.39 is 28.7 Å². The van der Waals surface area contributed by atoms with Crippen molar-refractivity contribution in [2.75, 3.05) is 6.54 Å². The molecule has 0 saturated carbocycles. The van der Waals surface area contributed by atoms with Crippen molar-refractivity contribution in [2.24, 2.45) is 11.8 Å². The van der Waals surface area contributed by atoms with Crippen molar-refractivity contribution in [3.05, 3.63) is 12.2 Å². The number of carbonyl (C=O) groups is 3. The number of ketones is 1. The molecule has 0 radical (unpaired) electrons. The number of hydrogen-bond acceptors (Lipinski definition) is 6. The van der Waals surface area contributed by atoms with Crippen LogP contribution in [0.4, 0.5) is 0 Å². The average Bonchev–Trinajstić information content (AvgIpc) is 2.85. The van der Waals surface area contributed by atoms with E-state index in [0.717, 1.165) is 12.8 Å². The largest absolute Gasteiger partial charge is 0.518 e. The smallest absolute Gasteiger partial charge is 0.298 e. The second kappa shape index (κ2) is 16.1. The first-order valence-electron chi connectivity index (χ1n) is 16.2. The average molecular weight is 626 g/mol. The molecule has 0 aromatic heterocycles. The summed E-state index contributed by atoms with van der Waals surface area (Å²) in [6.45, 7) is 29.9. The van der Waals surface area contributed by atoms with Gasteiger partial charge < -0.3 is 18.9 Å². The lowest BCUT2D eigenvalue weighted by Gasteiger charge is -2.44. The maximum atomic E-state index is 13.8. The van der Waals surface area contributed by atoms with Crippen LogP contribution in [0, 0.1) is 11.8 Å². The lowest BCUT2D eigenvalue weighted by molar-refractivity contribution is -0.144. The fourth-order valence-electron chi connectivity index (χ4n) is 6.08. The first-order chi connectivity index (χ1) is 19.2.